The van der Waals surface area contributed by atoms with Gasteiger partial charge in [-0.2, -0.15) is 0 Å². The molecule has 30 heavy (non-hydrogen) atoms. The maximum atomic E-state index is 4.34. The summed E-state index contributed by atoms with van der Waals surface area (Å²) in [5.41, 5.74) is 4.98. The van der Waals surface area contributed by atoms with Gasteiger partial charge in [0.25, 0.3) is 0 Å². The molecule has 0 saturated carbocycles. The largest absolute Gasteiger partial charge is 0.356 e. The molecule has 3 rings (SSSR count). The second kappa shape index (κ2) is 12.4. The Morgan fingerprint density at radius 1 is 1.07 bits per heavy atom. The van der Waals surface area contributed by atoms with Crippen LogP contribution in [-0.4, -0.2) is 29.1 Å². The molecule has 2 aromatic carbocycles. The fourth-order valence-corrected chi connectivity index (χ4v) is 3.22. The zero-order chi connectivity index (χ0) is 20.5. The highest BCUT2D eigenvalue weighted by Crippen LogP contribution is 2.24. The molecule has 0 bridgehead atoms. The van der Waals surface area contributed by atoms with Crippen LogP contribution < -0.4 is 10.6 Å². The van der Waals surface area contributed by atoms with Crippen LogP contribution in [0.3, 0.4) is 0 Å². The van der Waals surface area contributed by atoms with Gasteiger partial charge >= 0.3 is 0 Å². The SMILES string of the molecule is CN=C(NCCC(C)C)NCc1ccccc1-c1ccc(Cn2ccnc2)cc1.I. The quantitative estimate of drug-likeness (QED) is 0.253. The van der Waals surface area contributed by atoms with Crippen LogP contribution in [0.1, 0.15) is 31.4 Å². The molecule has 0 aliphatic rings. The highest BCUT2D eigenvalue weighted by Gasteiger charge is 2.06. The van der Waals surface area contributed by atoms with Crippen LogP contribution in [0.15, 0.2) is 72.2 Å². The van der Waals surface area contributed by atoms with Crippen molar-refractivity contribution in [3.8, 4) is 11.1 Å². The average molecular weight is 517 g/mol. The molecule has 0 unspecified atom stereocenters. The van der Waals surface area contributed by atoms with E-state index in [1.807, 2.05) is 25.8 Å². The standard InChI is InChI=1S/C24H31N5.HI/c1-19(2)12-13-27-24(25-3)28-16-22-6-4-5-7-23(22)21-10-8-20(9-11-21)17-29-15-14-26-18-29;/h4-11,14-15,18-19H,12-13,16-17H2,1-3H3,(H2,25,27,28);1H. The van der Waals surface area contributed by atoms with Crippen molar-refractivity contribution in [2.24, 2.45) is 10.9 Å². The first-order chi connectivity index (χ1) is 14.2. The lowest BCUT2D eigenvalue weighted by Gasteiger charge is -2.15. The Bertz CT molecular complexity index is 902. The first-order valence-corrected chi connectivity index (χ1v) is 10.2. The van der Waals surface area contributed by atoms with Gasteiger partial charge in [0.15, 0.2) is 5.96 Å². The summed E-state index contributed by atoms with van der Waals surface area (Å²) in [6.45, 7) is 6.96. The van der Waals surface area contributed by atoms with Crippen molar-refractivity contribution in [1.29, 1.82) is 0 Å². The van der Waals surface area contributed by atoms with E-state index in [-0.39, 0.29) is 24.0 Å². The summed E-state index contributed by atoms with van der Waals surface area (Å²) in [6.07, 6.45) is 6.76. The summed E-state index contributed by atoms with van der Waals surface area (Å²) < 4.78 is 2.07. The molecule has 3 aromatic rings. The van der Waals surface area contributed by atoms with Crippen LogP contribution in [0.25, 0.3) is 11.1 Å². The lowest BCUT2D eigenvalue weighted by molar-refractivity contribution is 0.573. The van der Waals surface area contributed by atoms with Crippen LogP contribution in [0.2, 0.25) is 0 Å². The Labute approximate surface area is 197 Å². The molecule has 0 amide bonds. The van der Waals surface area contributed by atoms with Crippen molar-refractivity contribution in [3.63, 3.8) is 0 Å². The van der Waals surface area contributed by atoms with Crippen LogP contribution in [0, 0.1) is 5.92 Å². The van der Waals surface area contributed by atoms with Crippen LogP contribution in [-0.2, 0) is 13.1 Å². The summed E-state index contributed by atoms with van der Waals surface area (Å²) in [6, 6.07) is 17.3. The lowest BCUT2D eigenvalue weighted by atomic mass is 9.98. The number of aromatic nitrogens is 2. The van der Waals surface area contributed by atoms with Gasteiger partial charge in [-0.25, -0.2) is 4.98 Å². The fourth-order valence-electron chi connectivity index (χ4n) is 3.22. The number of imidazole rings is 1. The van der Waals surface area contributed by atoms with E-state index in [2.05, 4.69) is 87.6 Å². The van der Waals surface area contributed by atoms with Gasteiger partial charge in [0.2, 0.25) is 0 Å². The van der Waals surface area contributed by atoms with Crippen LogP contribution in [0.5, 0.6) is 0 Å². The Hall–Kier alpha value is -2.35. The molecule has 1 heterocycles. The topological polar surface area (TPSA) is 54.2 Å². The molecule has 0 atom stereocenters. The van der Waals surface area contributed by atoms with Crippen LogP contribution in [0.4, 0.5) is 0 Å². The first-order valence-electron chi connectivity index (χ1n) is 10.2. The summed E-state index contributed by atoms with van der Waals surface area (Å²) in [5, 5.41) is 6.83. The number of nitrogens with zero attached hydrogens (tertiary/aromatic N) is 3. The van der Waals surface area contributed by atoms with E-state index < -0.39 is 0 Å². The molecule has 0 fully saturated rings. The Morgan fingerprint density at radius 3 is 2.50 bits per heavy atom. The second-order valence-corrected chi connectivity index (χ2v) is 7.62. The summed E-state index contributed by atoms with van der Waals surface area (Å²) in [7, 11) is 1.82. The maximum Gasteiger partial charge on any atom is 0.191 e. The number of guanidine groups is 1. The number of halogens is 1. The summed E-state index contributed by atoms with van der Waals surface area (Å²) in [4.78, 5) is 8.44. The third kappa shape index (κ3) is 7.16. The fraction of sp³-hybridized carbons (Fsp3) is 0.333. The lowest BCUT2D eigenvalue weighted by Crippen LogP contribution is -2.37. The van der Waals surface area contributed by atoms with Gasteiger partial charge in [-0.05, 0) is 34.6 Å². The highest BCUT2D eigenvalue weighted by atomic mass is 127. The maximum absolute atomic E-state index is 4.34. The highest BCUT2D eigenvalue weighted by molar-refractivity contribution is 14.0. The third-order valence-electron chi connectivity index (χ3n) is 4.89. The van der Waals surface area contributed by atoms with E-state index in [4.69, 9.17) is 0 Å². The molecule has 160 valence electrons. The van der Waals surface area contributed by atoms with Gasteiger partial charge in [-0.15, -0.1) is 24.0 Å². The van der Waals surface area contributed by atoms with E-state index in [0.717, 1.165) is 32.0 Å². The van der Waals surface area contributed by atoms with E-state index in [1.165, 1.54) is 22.3 Å². The van der Waals surface area contributed by atoms with Gasteiger partial charge in [-0.3, -0.25) is 4.99 Å². The number of hydrogen-bond acceptors (Lipinski definition) is 2. The minimum atomic E-state index is 0. The number of benzene rings is 2. The molecule has 0 spiro atoms. The van der Waals surface area contributed by atoms with Gasteiger partial charge in [-0.1, -0.05) is 62.4 Å². The van der Waals surface area contributed by atoms with E-state index in [0.29, 0.717) is 5.92 Å². The zero-order valence-corrected chi connectivity index (χ0v) is 20.3. The van der Waals surface area contributed by atoms with Crippen molar-refractivity contribution in [2.45, 2.75) is 33.4 Å². The predicted molar refractivity (Wildman–Crippen MR) is 136 cm³/mol. The monoisotopic (exact) mass is 517 g/mol. The zero-order valence-electron chi connectivity index (χ0n) is 18.0. The molecule has 0 aliphatic carbocycles. The normalized spacial score (nSPS) is 11.3. The number of nitrogens with one attached hydrogen (secondary N) is 2. The second-order valence-electron chi connectivity index (χ2n) is 7.62. The smallest absolute Gasteiger partial charge is 0.191 e. The molecular formula is C24H32IN5. The van der Waals surface area contributed by atoms with Crippen molar-refractivity contribution < 1.29 is 0 Å². The molecule has 0 saturated heterocycles. The number of aliphatic imine (C=N–C) groups is 1. The number of rotatable bonds is 8. The van der Waals surface area contributed by atoms with E-state index in [9.17, 15) is 0 Å². The Balaban J connectivity index is 0.00000320. The van der Waals surface area contributed by atoms with Gasteiger partial charge in [0.05, 0.1) is 6.33 Å². The summed E-state index contributed by atoms with van der Waals surface area (Å²) >= 11 is 0. The third-order valence-corrected chi connectivity index (χ3v) is 4.89. The first kappa shape index (κ1) is 23.9. The van der Waals surface area contributed by atoms with Gasteiger partial charge < -0.3 is 15.2 Å². The molecular weight excluding hydrogens is 485 g/mol. The Morgan fingerprint density at radius 2 is 1.83 bits per heavy atom. The van der Waals surface area contributed by atoms with Crippen molar-refractivity contribution in [3.05, 3.63) is 78.4 Å². The minimum absolute atomic E-state index is 0. The van der Waals surface area contributed by atoms with Gasteiger partial charge in [0, 0.05) is 39.1 Å². The van der Waals surface area contributed by atoms with Crippen molar-refractivity contribution in [1.82, 2.24) is 20.2 Å². The molecule has 0 radical (unpaired) electrons. The van der Waals surface area contributed by atoms with E-state index >= 15 is 0 Å². The number of hydrogen-bond donors (Lipinski definition) is 2. The van der Waals surface area contributed by atoms with Crippen molar-refractivity contribution in [2.75, 3.05) is 13.6 Å². The Kier molecular flexibility index (Phi) is 9.86. The minimum Gasteiger partial charge on any atom is -0.356 e. The van der Waals surface area contributed by atoms with E-state index in [1.54, 1.807) is 0 Å². The predicted octanol–water partition coefficient (Wildman–Crippen LogP) is 4.93. The van der Waals surface area contributed by atoms with Gasteiger partial charge in [0.1, 0.15) is 0 Å². The summed E-state index contributed by atoms with van der Waals surface area (Å²) in [5.74, 6) is 1.52. The van der Waals surface area contributed by atoms with Crippen LogP contribution >= 0.6 is 24.0 Å². The molecule has 5 nitrogen and oxygen atoms in total. The molecule has 6 heteroatoms. The molecule has 0 aliphatic heterocycles. The molecule has 1 aromatic heterocycles. The van der Waals surface area contributed by atoms with Crippen molar-refractivity contribution >= 4 is 29.9 Å². The average Bonchev–Trinajstić information content (AvgIpc) is 3.24. The molecule has 2 N–H and O–H groups in total.